The lowest BCUT2D eigenvalue weighted by atomic mass is 9.70. The van der Waals surface area contributed by atoms with E-state index < -0.39 is 0 Å². The number of allylic oxidation sites excluding steroid dienone is 8. The molecule has 0 amide bonds. The van der Waals surface area contributed by atoms with Gasteiger partial charge in [-0.1, -0.05) is 211 Å². The molecular weight excluding hydrogens is 723 g/mol. The number of benzene rings is 7. The Balaban J connectivity index is 1.11. The molecule has 2 unspecified atom stereocenters. The fourth-order valence-corrected chi connectivity index (χ4v) is 9.93. The van der Waals surface area contributed by atoms with Crippen LogP contribution in [0.25, 0.3) is 39.0 Å². The normalized spacial score (nSPS) is 17.3. The lowest BCUT2D eigenvalue weighted by Gasteiger charge is -2.36. The molecule has 292 valence electrons. The number of hydrogen-bond acceptors (Lipinski definition) is 1. The number of anilines is 3. The number of rotatable bonds is 7. The monoisotopic (exact) mass is 773 g/mol. The van der Waals surface area contributed by atoms with Crippen molar-refractivity contribution in [3.63, 3.8) is 0 Å². The SMILES string of the molecule is CC(C)(C)c1ccc(-c2ccccc2N(c2ccc(-c3ccc4c(c3)C(C)(C)c3ccccc3-4)cc2)c2ccccc2C2C=CC=C3C=CC=C(c4ccccc4)C32)cc1. The van der Waals surface area contributed by atoms with Crippen LogP contribution in [0.3, 0.4) is 0 Å². The largest absolute Gasteiger partial charge is 0.310 e. The molecule has 7 aromatic carbocycles. The Labute approximate surface area is 356 Å². The van der Waals surface area contributed by atoms with Gasteiger partial charge in [-0.2, -0.15) is 0 Å². The van der Waals surface area contributed by atoms with Crippen molar-refractivity contribution in [1.29, 1.82) is 0 Å². The summed E-state index contributed by atoms with van der Waals surface area (Å²) >= 11 is 0. The standard InChI is InChI=1S/C59H51N/c1-58(2,3)45-34-29-42(30-35-45)47-21-10-13-27-55(47)60(46-36-31-40(32-37-46)44-33-38-50-49-22-9-12-26-53(49)59(4,5)54(50)39-44)56-28-14-11-23-51(56)52-25-16-20-43-19-15-24-48(57(43)52)41-17-7-6-8-18-41/h6-39,52,57H,1-5H3. The average Bonchev–Trinajstić information content (AvgIpc) is 3.52. The summed E-state index contributed by atoms with van der Waals surface area (Å²) in [6.45, 7) is 11.6. The van der Waals surface area contributed by atoms with Crippen LogP contribution in [-0.4, -0.2) is 0 Å². The molecule has 10 rings (SSSR count). The summed E-state index contributed by atoms with van der Waals surface area (Å²) in [4.78, 5) is 2.50. The zero-order valence-electron chi connectivity index (χ0n) is 35.2. The molecule has 0 aliphatic heterocycles. The molecule has 0 aromatic heterocycles. The van der Waals surface area contributed by atoms with Gasteiger partial charge in [-0.05, 0) is 103 Å². The fourth-order valence-electron chi connectivity index (χ4n) is 9.93. The van der Waals surface area contributed by atoms with E-state index >= 15 is 0 Å². The molecule has 60 heavy (non-hydrogen) atoms. The first-order chi connectivity index (χ1) is 29.2. The third-order valence-corrected chi connectivity index (χ3v) is 13.1. The van der Waals surface area contributed by atoms with E-state index in [1.165, 1.54) is 78.0 Å². The van der Waals surface area contributed by atoms with Crippen molar-refractivity contribution in [3.8, 4) is 33.4 Å². The van der Waals surface area contributed by atoms with Crippen molar-refractivity contribution in [2.24, 2.45) is 5.92 Å². The summed E-state index contributed by atoms with van der Waals surface area (Å²) in [5, 5.41) is 0. The number of nitrogens with zero attached hydrogens (tertiary/aromatic N) is 1. The highest BCUT2D eigenvalue weighted by Crippen LogP contribution is 2.52. The second-order valence-corrected chi connectivity index (χ2v) is 18.1. The molecule has 0 heterocycles. The van der Waals surface area contributed by atoms with Gasteiger partial charge in [0.25, 0.3) is 0 Å². The summed E-state index contributed by atoms with van der Waals surface area (Å²) in [5.41, 5.74) is 20.4. The predicted octanol–water partition coefficient (Wildman–Crippen LogP) is 15.9. The Morgan fingerprint density at radius 2 is 1.13 bits per heavy atom. The minimum absolute atomic E-state index is 0.0521. The second kappa shape index (κ2) is 14.8. The zero-order valence-corrected chi connectivity index (χ0v) is 35.2. The highest BCUT2D eigenvalue weighted by molar-refractivity contribution is 5.91. The van der Waals surface area contributed by atoms with E-state index in [0.717, 1.165) is 11.4 Å². The maximum atomic E-state index is 2.50. The summed E-state index contributed by atoms with van der Waals surface area (Å²) in [7, 11) is 0. The van der Waals surface area contributed by atoms with E-state index in [0.29, 0.717) is 0 Å². The Bertz CT molecular complexity index is 2860. The van der Waals surface area contributed by atoms with Crippen LogP contribution in [-0.2, 0) is 10.8 Å². The summed E-state index contributed by atoms with van der Waals surface area (Å²) < 4.78 is 0. The first-order valence-corrected chi connectivity index (χ1v) is 21.4. The Kier molecular flexibility index (Phi) is 9.29. The second-order valence-electron chi connectivity index (χ2n) is 18.1. The van der Waals surface area contributed by atoms with Crippen LogP contribution in [0.4, 0.5) is 17.1 Å². The van der Waals surface area contributed by atoms with Crippen molar-refractivity contribution in [1.82, 2.24) is 0 Å². The van der Waals surface area contributed by atoms with Gasteiger partial charge in [0.05, 0.1) is 5.69 Å². The van der Waals surface area contributed by atoms with Crippen LogP contribution >= 0.6 is 0 Å². The third-order valence-electron chi connectivity index (χ3n) is 13.1. The van der Waals surface area contributed by atoms with E-state index in [4.69, 9.17) is 0 Å². The molecule has 0 bridgehead atoms. The highest BCUT2D eigenvalue weighted by Gasteiger charge is 2.36. The molecule has 0 spiro atoms. The molecule has 3 aliphatic carbocycles. The van der Waals surface area contributed by atoms with Gasteiger partial charge < -0.3 is 4.90 Å². The Morgan fingerprint density at radius 1 is 0.500 bits per heavy atom. The van der Waals surface area contributed by atoms with Gasteiger partial charge in [-0.15, -0.1) is 0 Å². The molecule has 0 fully saturated rings. The van der Waals surface area contributed by atoms with Crippen molar-refractivity contribution < 1.29 is 0 Å². The van der Waals surface area contributed by atoms with Crippen LogP contribution in [0, 0.1) is 5.92 Å². The molecule has 0 radical (unpaired) electrons. The van der Waals surface area contributed by atoms with Crippen molar-refractivity contribution in [3.05, 3.63) is 240 Å². The van der Waals surface area contributed by atoms with E-state index in [2.05, 4.69) is 246 Å². The molecule has 1 nitrogen and oxygen atoms in total. The summed E-state index contributed by atoms with van der Waals surface area (Å²) in [6, 6.07) is 63.3. The molecule has 3 aliphatic rings. The lowest BCUT2D eigenvalue weighted by molar-refractivity contribution is 0.590. The van der Waals surface area contributed by atoms with Gasteiger partial charge in [0, 0.05) is 34.2 Å². The highest BCUT2D eigenvalue weighted by atomic mass is 15.1. The maximum Gasteiger partial charge on any atom is 0.0540 e. The quantitative estimate of drug-likeness (QED) is 0.156. The van der Waals surface area contributed by atoms with Gasteiger partial charge in [-0.3, -0.25) is 0 Å². The fraction of sp³-hybridized carbons (Fsp3) is 0.153. The van der Waals surface area contributed by atoms with Gasteiger partial charge in [-0.25, -0.2) is 0 Å². The topological polar surface area (TPSA) is 3.24 Å². The Hall–Kier alpha value is -6.70. The first kappa shape index (κ1) is 37.6. The summed E-state index contributed by atoms with van der Waals surface area (Å²) in [5.74, 6) is 0.305. The first-order valence-electron chi connectivity index (χ1n) is 21.4. The number of fused-ring (bicyclic) bond motifs is 4. The van der Waals surface area contributed by atoms with Gasteiger partial charge in [0.15, 0.2) is 0 Å². The smallest absolute Gasteiger partial charge is 0.0540 e. The van der Waals surface area contributed by atoms with Crippen molar-refractivity contribution >= 4 is 22.6 Å². The van der Waals surface area contributed by atoms with Gasteiger partial charge >= 0.3 is 0 Å². The van der Waals surface area contributed by atoms with Crippen LogP contribution in [0.1, 0.15) is 68.4 Å². The van der Waals surface area contributed by atoms with Crippen LogP contribution < -0.4 is 4.90 Å². The van der Waals surface area contributed by atoms with Crippen LogP contribution in [0.15, 0.2) is 212 Å². The van der Waals surface area contributed by atoms with E-state index in [-0.39, 0.29) is 22.7 Å². The summed E-state index contributed by atoms with van der Waals surface area (Å²) in [6.07, 6.45) is 13.8. The molecule has 0 N–H and O–H groups in total. The van der Waals surface area contributed by atoms with E-state index in [9.17, 15) is 0 Å². The maximum absolute atomic E-state index is 2.50. The molecule has 7 aromatic rings. The molecule has 0 saturated heterocycles. The minimum Gasteiger partial charge on any atom is -0.310 e. The molecule has 0 saturated carbocycles. The third kappa shape index (κ3) is 6.50. The zero-order chi connectivity index (χ0) is 41.0. The van der Waals surface area contributed by atoms with Crippen molar-refractivity contribution in [2.45, 2.75) is 51.4 Å². The molecule has 1 heteroatoms. The molecular formula is C59H51N. The Morgan fingerprint density at radius 3 is 1.90 bits per heavy atom. The van der Waals surface area contributed by atoms with E-state index in [1.807, 2.05) is 0 Å². The lowest BCUT2D eigenvalue weighted by Crippen LogP contribution is -2.22. The average molecular weight is 774 g/mol. The van der Waals surface area contributed by atoms with E-state index in [1.54, 1.807) is 0 Å². The predicted molar refractivity (Wildman–Crippen MR) is 255 cm³/mol. The van der Waals surface area contributed by atoms with Gasteiger partial charge in [0.1, 0.15) is 0 Å². The van der Waals surface area contributed by atoms with Crippen LogP contribution in [0.2, 0.25) is 0 Å². The minimum atomic E-state index is -0.0521. The van der Waals surface area contributed by atoms with Gasteiger partial charge in [0.2, 0.25) is 0 Å². The van der Waals surface area contributed by atoms with Crippen LogP contribution in [0.5, 0.6) is 0 Å². The number of hydrogen-bond donors (Lipinski definition) is 0. The molecule has 2 atom stereocenters. The van der Waals surface area contributed by atoms with Crippen molar-refractivity contribution in [2.75, 3.05) is 4.90 Å². The number of para-hydroxylation sites is 2.